The average molecular weight is 433 g/mol. The number of methoxy groups -OCH3 is 1. The molecule has 0 bridgehead atoms. The van der Waals surface area contributed by atoms with E-state index in [0.717, 1.165) is 16.7 Å². The third kappa shape index (κ3) is 3.57. The first-order chi connectivity index (χ1) is 15.1. The van der Waals surface area contributed by atoms with Gasteiger partial charge in [0.2, 0.25) is 0 Å². The quantitative estimate of drug-likeness (QED) is 0.405. The number of rotatable bonds is 5. The normalized spacial score (nSPS) is 15.3. The van der Waals surface area contributed by atoms with Gasteiger partial charge in [-0.1, -0.05) is 83.5 Å². The molecule has 3 aromatic rings. The van der Waals surface area contributed by atoms with Crippen molar-refractivity contribution in [3.63, 3.8) is 0 Å². The van der Waals surface area contributed by atoms with Gasteiger partial charge in [-0.15, -0.1) is 0 Å². The topological polar surface area (TPSA) is 51.1 Å². The summed E-state index contributed by atoms with van der Waals surface area (Å²) in [5.41, 5.74) is 1.49. The van der Waals surface area contributed by atoms with Crippen molar-refractivity contribution in [2.45, 2.75) is 12.6 Å². The van der Waals surface area contributed by atoms with E-state index in [-0.39, 0.29) is 0 Å². The van der Waals surface area contributed by atoms with Gasteiger partial charge in [0.05, 0.1) is 7.11 Å². The number of amidine groups is 1. The molecular formula is C25H21ClN2O3. The Morgan fingerprint density at radius 1 is 0.968 bits per heavy atom. The molecule has 0 fully saturated rings. The van der Waals surface area contributed by atoms with E-state index in [4.69, 9.17) is 21.2 Å². The van der Waals surface area contributed by atoms with Crippen LogP contribution in [0.15, 0.2) is 102 Å². The second kappa shape index (κ2) is 8.66. The summed E-state index contributed by atoms with van der Waals surface area (Å²) in [7, 11) is 1.36. The minimum Gasteiger partial charge on any atom is -0.464 e. The molecule has 5 nitrogen and oxygen atoms in total. The molecule has 0 spiro atoms. The van der Waals surface area contributed by atoms with Crippen LogP contribution in [-0.4, -0.2) is 23.8 Å². The number of oxime groups is 1. The number of hydrogen-bond acceptors (Lipinski definition) is 5. The maximum atomic E-state index is 12.8. The summed E-state index contributed by atoms with van der Waals surface area (Å²) in [4.78, 5) is 20.9. The Morgan fingerprint density at radius 3 is 2.00 bits per heavy atom. The summed E-state index contributed by atoms with van der Waals surface area (Å²) in [5, 5.41) is 5.06. The summed E-state index contributed by atoms with van der Waals surface area (Å²) < 4.78 is 5.10. The number of nitrogens with zero attached hydrogens (tertiary/aromatic N) is 2. The van der Waals surface area contributed by atoms with Crippen LogP contribution in [0.3, 0.4) is 0 Å². The summed E-state index contributed by atoms with van der Waals surface area (Å²) in [6.45, 7) is 1.78. The lowest BCUT2D eigenvalue weighted by molar-refractivity contribution is -0.140. The van der Waals surface area contributed by atoms with Crippen LogP contribution < -0.4 is 0 Å². The van der Waals surface area contributed by atoms with Crippen LogP contribution in [0, 0.1) is 0 Å². The number of carbonyl (C=O) groups excluding carboxylic acids is 1. The number of ether oxygens (including phenoxy) is 1. The predicted molar refractivity (Wildman–Crippen MR) is 120 cm³/mol. The van der Waals surface area contributed by atoms with Crippen molar-refractivity contribution in [3.05, 3.63) is 118 Å². The Labute approximate surface area is 186 Å². The Balaban J connectivity index is 1.99. The fraction of sp³-hybridized carbons (Fsp3) is 0.120. The van der Waals surface area contributed by atoms with E-state index in [2.05, 4.69) is 5.16 Å². The monoisotopic (exact) mass is 432 g/mol. The molecule has 156 valence electrons. The molecule has 1 heterocycles. The Hall–Kier alpha value is -3.57. The molecule has 0 aromatic heterocycles. The highest BCUT2D eigenvalue weighted by Gasteiger charge is 2.52. The molecule has 0 aliphatic carbocycles. The third-order valence-electron chi connectivity index (χ3n) is 5.13. The zero-order valence-corrected chi connectivity index (χ0v) is 17.9. The highest BCUT2D eigenvalue weighted by molar-refractivity contribution is 6.30. The Morgan fingerprint density at radius 2 is 1.52 bits per heavy atom. The molecule has 0 saturated carbocycles. The summed E-state index contributed by atoms with van der Waals surface area (Å²) >= 11 is 6.10. The highest BCUT2D eigenvalue weighted by atomic mass is 35.5. The molecule has 1 aliphatic rings. The van der Waals surface area contributed by atoms with Crippen LogP contribution in [0.2, 0.25) is 5.02 Å². The largest absolute Gasteiger partial charge is 0.464 e. The molecule has 4 rings (SSSR count). The lowest BCUT2D eigenvalue weighted by atomic mass is 9.91. The highest BCUT2D eigenvalue weighted by Crippen LogP contribution is 2.45. The van der Waals surface area contributed by atoms with Gasteiger partial charge in [0.25, 0.3) is 5.72 Å². The number of halogens is 1. The van der Waals surface area contributed by atoms with Crippen LogP contribution >= 0.6 is 11.6 Å². The first kappa shape index (κ1) is 20.7. The zero-order valence-electron chi connectivity index (χ0n) is 17.2. The molecule has 6 heteroatoms. The van der Waals surface area contributed by atoms with Crippen LogP contribution in [0.5, 0.6) is 0 Å². The van der Waals surface area contributed by atoms with Crippen LogP contribution in [0.4, 0.5) is 0 Å². The SMILES string of the molecule is C/C=C(\C(=O)OC)N1C(c2ccc(Cl)cc2)=NOC1(c1ccccc1)c1ccccc1. The molecule has 31 heavy (non-hydrogen) atoms. The average Bonchev–Trinajstić information content (AvgIpc) is 3.22. The molecule has 0 N–H and O–H groups in total. The number of benzene rings is 3. The van der Waals surface area contributed by atoms with Gasteiger partial charge < -0.3 is 9.57 Å². The van der Waals surface area contributed by atoms with Crippen molar-refractivity contribution in [1.82, 2.24) is 4.90 Å². The van der Waals surface area contributed by atoms with E-state index < -0.39 is 11.7 Å². The minimum absolute atomic E-state index is 0.307. The smallest absolute Gasteiger partial charge is 0.354 e. The maximum Gasteiger partial charge on any atom is 0.354 e. The Bertz CT molecular complexity index is 1090. The molecule has 0 unspecified atom stereocenters. The van der Waals surface area contributed by atoms with Crippen molar-refractivity contribution < 1.29 is 14.4 Å². The predicted octanol–water partition coefficient (Wildman–Crippen LogP) is 5.31. The van der Waals surface area contributed by atoms with Crippen LogP contribution in [-0.2, 0) is 20.1 Å². The lowest BCUT2D eigenvalue weighted by Crippen LogP contribution is -2.48. The lowest BCUT2D eigenvalue weighted by Gasteiger charge is -2.38. The fourth-order valence-corrected chi connectivity index (χ4v) is 3.83. The molecule has 3 aromatic carbocycles. The number of esters is 1. The van der Waals surface area contributed by atoms with E-state index >= 15 is 0 Å². The van der Waals surface area contributed by atoms with E-state index in [1.54, 1.807) is 30.0 Å². The van der Waals surface area contributed by atoms with Crippen LogP contribution in [0.25, 0.3) is 0 Å². The van der Waals surface area contributed by atoms with E-state index in [1.807, 2.05) is 72.8 Å². The minimum atomic E-state index is -1.20. The van der Waals surface area contributed by atoms with Gasteiger partial charge in [-0.25, -0.2) is 4.79 Å². The zero-order chi connectivity index (χ0) is 21.8. The van der Waals surface area contributed by atoms with Crippen molar-refractivity contribution in [2.24, 2.45) is 5.16 Å². The van der Waals surface area contributed by atoms with Crippen molar-refractivity contribution >= 4 is 23.4 Å². The molecule has 1 aliphatic heterocycles. The first-order valence-electron chi connectivity index (χ1n) is 9.80. The van der Waals surface area contributed by atoms with Gasteiger partial charge in [-0.05, 0) is 31.2 Å². The van der Waals surface area contributed by atoms with Gasteiger partial charge >= 0.3 is 5.97 Å². The first-order valence-corrected chi connectivity index (χ1v) is 10.2. The van der Waals surface area contributed by atoms with Gasteiger partial charge in [0.1, 0.15) is 5.70 Å². The van der Waals surface area contributed by atoms with Gasteiger partial charge in [0, 0.05) is 21.7 Å². The second-order valence-electron chi connectivity index (χ2n) is 6.89. The number of carbonyl (C=O) groups is 1. The van der Waals surface area contributed by atoms with E-state index in [0.29, 0.717) is 16.6 Å². The molecule has 0 amide bonds. The molecule has 0 radical (unpaired) electrons. The molecule has 0 atom stereocenters. The van der Waals surface area contributed by atoms with Gasteiger partial charge in [0.15, 0.2) is 5.84 Å². The van der Waals surface area contributed by atoms with Gasteiger partial charge in [-0.3, -0.25) is 4.90 Å². The summed E-state index contributed by atoms with van der Waals surface area (Å²) in [6, 6.07) is 26.6. The summed E-state index contributed by atoms with van der Waals surface area (Å²) in [5.74, 6) is -0.0197. The molecular weight excluding hydrogens is 412 g/mol. The number of hydrogen-bond donors (Lipinski definition) is 0. The van der Waals surface area contributed by atoms with Crippen molar-refractivity contribution in [2.75, 3.05) is 7.11 Å². The second-order valence-corrected chi connectivity index (χ2v) is 7.33. The van der Waals surface area contributed by atoms with Crippen molar-refractivity contribution in [3.8, 4) is 0 Å². The number of allylic oxidation sites excluding steroid dienone is 1. The summed E-state index contributed by atoms with van der Waals surface area (Å²) in [6.07, 6.45) is 1.70. The van der Waals surface area contributed by atoms with E-state index in [9.17, 15) is 4.79 Å². The maximum absolute atomic E-state index is 12.8. The van der Waals surface area contributed by atoms with Crippen molar-refractivity contribution in [1.29, 1.82) is 0 Å². The molecule has 0 saturated heterocycles. The van der Waals surface area contributed by atoms with E-state index in [1.165, 1.54) is 7.11 Å². The fourth-order valence-electron chi connectivity index (χ4n) is 3.71. The van der Waals surface area contributed by atoms with Crippen LogP contribution in [0.1, 0.15) is 23.6 Å². The third-order valence-corrected chi connectivity index (χ3v) is 5.38. The van der Waals surface area contributed by atoms with Gasteiger partial charge in [-0.2, -0.15) is 0 Å². The standard InChI is InChI=1S/C25H21ClN2O3/c1-3-22(24(29)30-2)28-23(18-14-16-21(26)17-15-18)27-31-25(28,19-10-6-4-7-11-19)20-12-8-5-9-13-20/h3-17H,1-2H3/b22-3+. The Kier molecular flexibility index (Phi) is 5.78.